The van der Waals surface area contributed by atoms with E-state index in [-0.39, 0.29) is 0 Å². The fourth-order valence-electron chi connectivity index (χ4n) is 0.907. The lowest BCUT2D eigenvalue weighted by Crippen LogP contribution is -2.48. The summed E-state index contributed by atoms with van der Waals surface area (Å²) in [6.45, 7) is -1.92. The van der Waals surface area contributed by atoms with Crippen molar-refractivity contribution in [3.8, 4) is 0 Å². The van der Waals surface area contributed by atoms with Gasteiger partial charge in [0.25, 0.3) is 0 Å². The van der Waals surface area contributed by atoms with Crippen LogP contribution in [0, 0.1) is 0 Å². The van der Waals surface area contributed by atoms with E-state index in [0.717, 1.165) is 0 Å². The fraction of sp³-hybridized carbons (Fsp3) is 1.00. The average molecular weight is 262 g/mol. The van der Waals surface area contributed by atoms with Crippen LogP contribution < -0.4 is 0 Å². The maximum Gasteiger partial charge on any atom is 0.397 e. The van der Waals surface area contributed by atoms with Gasteiger partial charge in [0.15, 0.2) is 0 Å². The Kier molecular flexibility index (Phi) is 6.28. The van der Waals surface area contributed by atoms with Gasteiger partial charge in [0, 0.05) is 0 Å². The topological polar surface area (TPSA) is 165 Å². The first kappa shape index (κ1) is 15.7. The Labute approximate surface area is 91.5 Å². The molecule has 0 bridgehead atoms. The Bertz CT molecular complexity index is 288. The molecule has 0 aromatic carbocycles. The molecule has 9 nitrogen and oxygen atoms in total. The second-order valence-corrected chi connectivity index (χ2v) is 4.02. The lowest BCUT2D eigenvalue weighted by molar-refractivity contribution is -0.117. The second kappa shape index (κ2) is 6.42. The van der Waals surface area contributed by atoms with E-state index in [1.165, 1.54) is 0 Å². The summed E-state index contributed by atoms with van der Waals surface area (Å²) >= 11 is 0. The van der Waals surface area contributed by atoms with Gasteiger partial charge in [-0.2, -0.15) is 8.42 Å². The van der Waals surface area contributed by atoms with Gasteiger partial charge >= 0.3 is 10.4 Å². The number of hydrogen-bond acceptors (Lipinski definition) is 8. The predicted molar refractivity (Wildman–Crippen MR) is 48.6 cm³/mol. The molecule has 0 aromatic rings. The maximum atomic E-state index is 10.3. The van der Waals surface area contributed by atoms with E-state index in [4.69, 9.17) is 25.0 Å². The van der Waals surface area contributed by atoms with E-state index in [0.29, 0.717) is 0 Å². The Morgan fingerprint density at radius 3 is 1.81 bits per heavy atom. The molecule has 0 heterocycles. The van der Waals surface area contributed by atoms with E-state index in [2.05, 4.69) is 4.18 Å². The molecule has 0 aliphatic carbocycles. The normalized spacial score (nSPS) is 20.1. The number of aliphatic hydroxyl groups excluding tert-OH is 5. The number of hydrogen-bond donors (Lipinski definition) is 6. The van der Waals surface area contributed by atoms with Gasteiger partial charge in [0.1, 0.15) is 24.4 Å². The lowest BCUT2D eigenvalue weighted by Gasteiger charge is -2.26. The highest BCUT2D eigenvalue weighted by Gasteiger charge is 2.33. The van der Waals surface area contributed by atoms with Crippen molar-refractivity contribution in [3.63, 3.8) is 0 Å². The molecular weight excluding hydrogens is 248 g/mol. The predicted octanol–water partition coefficient (Wildman–Crippen LogP) is -3.76. The van der Waals surface area contributed by atoms with Crippen LogP contribution in [0.4, 0.5) is 0 Å². The molecule has 0 aliphatic heterocycles. The minimum absolute atomic E-state index is 0.887. The molecule has 0 aliphatic rings. The summed E-state index contributed by atoms with van der Waals surface area (Å²) in [6, 6.07) is 0. The van der Waals surface area contributed by atoms with E-state index >= 15 is 0 Å². The Morgan fingerprint density at radius 1 is 1.00 bits per heavy atom. The van der Waals surface area contributed by atoms with Gasteiger partial charge < -0.3 is 25.5 Å². The first-order valence-electron chi connectivity index (χ1n) is 4.14. The van der Waals surface area contributed by atoms with Crippen LogP contribution in [0.1, 0.15) is 0 Å². The van der Waals surface area contributed by atoms with Gasteiger partial charge in [-0.1, -0.05) is 0 Å². The zero-order chi connectivity index (χ0) is 12.9. The molecule has 0 fully saturated rings. The van der Waals surface area contributed by atoms with E-state index < -0.39 is 48.0 Å². The van der Waals surface area contributed by atoms with E-state index in [1.807, 2.05) is 0 Å². The van der Waals surface area contributed by atoms with Gasteiger partial charge in [0.05, 0.1) is 13.2 Å². The van der Waals surface area contributed by atoms with Crippen LogP contribution in [0.5, 0.6) is 0 Å². The Hall–Kier alpha value is -0.330. The second-order valence-electron chi connectivity index (χ2n) is 2.98. The molecule has 0 spiro atoms. The van der Waals surface area contributed by atoms with E-state index in [9.17, 15) is 13.5 Å². The summed E-state index contributed by atoms with van der Waals surface area (Å²) in [5, 5.41) is 44.4. The number of rotatable bonds is 7. The molecule has 0 radical (unpaired) electrons. The molecule has 98 valence electrons. The third-order valence-electron chi connectivity index (χ3n) is 1.74. The van der Waals surface area contributed by atoms with Crippen molar-refractivity contribution >= 4 is 10.4 Å². The minimum Gasteiger partial charge on any atom is -0.394 e. The average Bonchev–Trinajstić information content (AvgIpc) is 2.21. The molecule has 10 heteroatoms. The molecule has 0 aromatic heterocycles. The third-order valence-corrected chi connectivity index (χ3v) is 2.23. The van der Waals surface area contributed by atoms with Gasteiger partial charge in [0.2, 0.25) is 0 Å². The van der Waals surface area contributed by atoms with Crippen LogP contribution in [0.15, 0.2) is 0 Å². The summed E-state index contributed by atoms with van der Waals surface area (Å²) in [7, 11) is -4.92. The Balaban J connectivity index is 4.58. The maximum absolute atomic E-state index is 10.3. The lowest BCUT2D eigenvalue weighted by atomic mass is 10.0. The summed E-state index contributed by atoms with van der Waals surface area (Å²) in [4.78, 5) is 0. The molecule has 0 saturated carbocycles. The Morgan fingerprint density at radius 2 is 1.50 bits per heavy atom. The fourth-order valence-corrected chi connectivity index (χ4v) is 1.39. The highest BCUT2D eigenvalue weighted by molar-refractivity contribution is 7.80. The molecule has 0 unspecified atom stereocenters. The highest BCUT2D eigenvalue weighted by atomic mass is 32.3. The van der Waals surface area contributed by atoms with Crippen molar-refractivity contribution in [1.82, 2.24) is 0 Å². The summed E-state index contributed by atoms with van der Waals surface area (Å²) < 4.78 is 32.7. The zero-order valence-corrected chi connectivity index (χ0v) is 8.86. The summed E-state index contributed by atoms with van der Waals surface area (Å²) in [5.74, 6) is 0. The molecule has 0 rings (SSSR count). The standard InChI is InChI=1S/C6H14O9S/c7-1-3(9)5(10)6(11)4(2-8)15-16(12,13)14/h3-11H,1-2H2,(H,12,13,14)/t3-,4-,5-,6-/m1/s1. The van der Waals surface area contributed by atoms with Crippen LogP contribution in [0.25, 0.3) is 0 Å². The first-order chi connectivity index (χ1) is 7.22. The van der Waals surface area contributed by atoms with Crippen molar-refractivity contribution in [2.24, 2.45) is 0 Å². The van der Waals surface area contributed by atoms with Crippen LogP contribution in [-0.2, 0) is 14.6 Å². The molecule has 6 N–H and O–H groups in total. The van der Waals surface area contributed by atoms with Gasteiger partial charge in [-0.15, -0.1) is 0 Å². The summed E-state index contributed by atoms with van der Waals surface area (Å²) in [5.41, 5.74) is 0. The zero-order valence-electron chi connectivity index (χ0n) is 8.04. The highest BCUT2D eigenvalue weighted by Crippen LogP contribution is 2.10. The quantitative estimate of drug-likeness (QED) is 0.253. The van der Waals surface area contributed by atoms with Crippen molar-refractivity contribution in [2.75, 3.05) is 13.2 Å². The molecule has 0 amide bonds. The van der Waals surface area contributed by atoms with Crippen molar-refractivity contribution in [2.45, 2.75) is 24.4 Å². The minimum atomic E-state index is -4.92. The summed E-state index contributed by atoms with van der Waals surface area (Å²) in [6.07, 6.45) is -7.54. The smallest absolute Gasteiger partial charge is 0.394 e. The van der Waals surface area contributed by atoms with Crippen LogP contribution in [0.2, 0.25) is 0 Å². The van der Waals surface area contributed by atoms with Crippen molar-refractivity contribution in [1.29, 1.82) is 0 Å². The van der Waals surface area contributed by atoms with Crippen LogP contribution in [0.3, 0.4) is 0 Å². The number of aliphatic hydroxyl groups is 5. The molecule has 0 saturated heterocycles. The SMILES string of the molecule is O=S(=O)(O)O[C@H](CO)[C@@H](O)[C@H](O)[C@H](O)CO. The van der Waals surface area contributed by atoms with Gasteiger partial charge in [-0.25, -0.2) is 4.18 Å². The van der Waals surface area contributed by atoms with Gasteiger partial charge in [-0.05, 0) is 0 Å². The molecular formula is C6H14O9S. The molecule has 16 heavy (non-hydrogen) atoms. The van der Waals surface area contributed by atoms with E-state index in [1.54, 1.807) is 0 Å². The first-order valence-corrected chi connectivity index (χ1v) is 5.51. The van der Waals surface area contributed by atoms with Gasteiger partial charge in [-0.3, -0.25) is 4.55 Å². The monoisotopic (exact) mass is 262 g/mol. The third kappa shape index (κ3) is 5.14. The van der Waals surface area contributed by atoms with Crippen molar-refractivity contribution < 1.29 is 42.7 Å². The molecule has 4 atom stereocenters. The van der Waals surface area contributed by atoms with Crippen LogP contribution >= 0.6 is 0 Å². The van der Waals surface area contributed by atoms with Crippen LogP contribution in [-0.4, -0.2) is 76.1 Å². The largest absolute Gasteiger partial charge is 0.397 e. The van der Waals surface area contributed by atoms with Crippen molar-refractivity contribution in [3.05, 3.63) is 0 Å².